The van der Waals surface area contributed by atoms with Gasteiger partial charge >= 0.3 is 5.97 Å². The number of pyridine rings is 1. The molecule has 1 aliphatic rings. The van der Waals surface area contributed by atoms with Gasteiger partial charge < -0.3 is 15.2 Å². The van der Waals surface area contributed by atoms with Gasteiger partial charge in [0.25, 0.3) is 0 Å². The Morgan fingerprint density at radius 1 is 1.48 bits per heavy atom. The van der Waals surface area contributed by atoms with Gasteiger partial charge in [0, 0.05) is 12.8 Å². The van der Waals surface area contributed by atoms with Gasteiger partial charge in [-0.2, -0.15) is 0 Å². The van der Waals surface area contributed by atoms with Gasteiger partial charge in [-0.1, -0.05) is 13.3 Å². The number of hydrogen-bond acceptors (Lipinski definition) is 4. The second-order valence-corrected chi connectivity index (χ2v) is 5.59. The number of fused-ring (bicyclic) bond motifs is 1. The largest absolute Gasteiger partial charge is 0.478 e. The molecule has 0 fully saturated rings. The van der Waals surface area contributed by atoms with E-state index in [1.54, 1.807) is 13.2 Å². The molecule has 0 aromatic carbocycles. The first-order valence-corrected chi connectivity index (χ1v) is 7.67. The minimum Gasteiger partial charge on any atom is -0.478 e. The van der Waals surface area contributed by atoms with Crippen LogP contribution in [0.3, 0.4) is 0 Å². The fourth-order valence-electron chi connectivity index (χ4n) is 2.85. The summed E-state index contributed by atoms with van der Waals surface area (Å²) in [4.78, 5) is 16.1. The second-order valence-electron chi connectivity index (χ2n) is 5.59. The Balaban J connectivity index is 2.29. The van der Waals surface area contributed by atoms with Crippen LogP contribution in [-0.4, -0.2) is 35.8 Å². The summed E-state index contributed by atoms with van der Waals surface area (Å²) in [5.74, 6) is -0.440. The predicted octanol–water partition coefficient (Wildman–Crippen LogP) is 2.89. The van der Waals surface area contributed by atoms with E-state index in [2.05, 4.69) is 17.2 Å². The zero-order chi connectivity index (χ0) is 15.2. The molecule has 1 atom stereocenters. The third-order valence-electron chi connectivity index (χ3n) is 3.88. The highest BCUT2D eigenvalue weighted by atomic mass is 16.5. The SMILES string of the molecule is CCCC(COC)Nc1nc2c(cc1C(=O)O)CCCC2. The quantitative estimate of drug-likeness (QED) is 0.808. The summed E-state index contributed by atoms with van der Waals surface area (Å²) in [6.07, 6.45) is 6.04. The van der Waals surface area contributed by atoms with Gasteiger partial charge in [-0.25, -0.2) is 9.78 Å². The molecule has 1 unspecified atom stereocenters. The van der Waals surface area contributed by atoms with Gasteiger partial charge in [-0.3, -0.25) is 0 Å². The Morgan fingerprint density at radius 3 is 2.90 bits per heavy atom. The van der Waals surface area contributed by atoms with Crippen molar-refractivity contribution in [2.24, 2.45) is 0 Å². The summed E-state index contributed by atoms with van der Waals surface area (Å²) in [6, 6.07) is 1.88. The van der Waals surface area contributed by atoms with E-state index < -0.39 is 5.97 Å². The molecule has 1 heterocycles. The maximum absolute atomic E-state index is 11.5. The summed E-state index contributed by atoms with van der Waals surface area (Å²) in [5, 5.41) is 12.7. The van der Waals surface area contributed by atoms with Crippen LogP contribution in [0, 0.1) is 0 Å². The van der Waals surface area contributed by atoms with E-state index in [0.29, 0.717) is 12.4 Å². The van der Waals surface area contributed by atoms with Gasteiger partial charge in [-0.15, -0.1) is 0 Å². The average molecular weight is 292 g/mol. The predicted molar refractivity (Wildman–Crippen MR) is 82.0 cm³/mol. The molecule has 1 aromatic rings. The van der Waals surface area contributed by atoms with E-state index in [1.165, 1.54) is 0 Å². The van der Waals surface area contributed by atoms with Gasteiger partial charge in [0.1, 0.15) is 11.4 Å². The average Bonchev–Trinajstić information content (AvgIpc) is 2.47. The van der Waals surface area contributed by atoms with Gasteiger partial charge in [0.2, 0.25) is 0 Å². The number of rotatable bonds is 7. The molecule has 0 saturated carbocycles. The molecular weight excluding hydrogens is 268 g/mol. The van der Waals surface area contributed by atoms with E-state index in [0.717, 1.165) is 49.8 Å². The van der Waals surface area contributed by atoms with E-state index >= 15 is 0 Å². The van der Waals surface area contributed by atoms with Gasteiger partial charge in [0.15, 0.2) is 0 Å². The Labute approximate surface area is 125 Å². The van der Waals surface area contributed by atoms with E-state index in [9.17, 15) is 9.90 Å². The van der Waals surface area contributed by atoms with Crippen LogP contribution in [0.1, 0.15) is 54.2 Å². The number of carboxylic acid groups (broad SMARTS) is 1. The number of ether oxygens (including phenoxy) is 1. The molecule has 21 heavy (non-hydrogen) atoms. The molecule has 0 saturated heterocycles. The zero-order valence-corrected chi connectivity index (χ0v) is 12.8. The molecule has 0 amide bonds. The molecule has 0 bridgehead atoms. The van der Waals surface area contributed by atoms with Crippen molar-refractivity contribution in [3.8, 4) is 0 Å². The lowest BCUT2D eigenvalue weighted by molar-refractivity contribution is 0.0697. The van der Waals surface area contributed by atoms with E-state index in [1.807, 2.05) is 0 Å². The zero-order valence-electron chi connectivity index (χ0n) is 12.8. The summed E-state index contributed by atoms with van der Waals surface area (Å²) in [5.41, 5.74) is 2.40. The third-order valence-corrected chi connectivity index (χ3v) is 3.88. The number of aromatic carboxylic acids is 1. The van der Waals surface area contributed by atoms with Gasteiger partial charge in [-0.05, 0) is 43.7 Å². The number of nitrogens with zero attached hydrogens (tertiary/aromatic N) is 1. The fourth-order valence-corrected chi connectivity index (χ4v) is 2.85. The highest BCUT2D eigenvalue weighted by molar-refractivity contribution is 5.93. The smallest absolute Gasteiger partial charge is 0.339 e. The number of carboxylic acids is 1. The highest BCUT2D eigenvalue weighted by Crippen LogP contribution is 2.25. The number of aromatic nitrogens is 1. The van der Waals surface area contributed by atoms with Crippen LogP contribution in [0.25, 0.3) is 0 Å². The van der Waals surface area contributed by atoms with Crippen molar-refractivity contribution in [1.82, 2.24) is 4.98 Å². The van der Waals surface area contributed by atoms with Crippen LogP contribution in [0.4, 0.5) is 5.82 Å². The molecule has 5 heteroatoms. The molecular formula is C16H24N2O3. The minimum absolute atomic E-state index is 0.0900. The van der Waals surface area contributed by atoms with Crippen molar-refractivity contribution in [1.29, 1.82) is 0 Å². The topological polar surface area (TPSA) is 71.5 Å². The molecule has 116 valence electrons. The lowest BCUT2D eigenvalue weighted by Gasteiger charge is -2.22. The molecule has 5 nitrogen and oxygen atoms in total. The molecule has 0 aliphatic heterocycles. The highest BCUT2D eigenvalue weighted by Gasteiger charge is 2.20. The normalized spacial score (nSPS) is 15.3. The molecule has 2 rings (SSSR count). The van der Waals surface area contributed by atoms with Crippen molar-refractivity contribution < 1.29 is 14.6 Å². The first-order chi connectivity index (χ1) is 10.2. The Kier molecular flexibility index (Phi) is 5.56. The summed E-state index contributed by atoms with van der Waals surface area (Å²) >= 11 is 0. The van der Waals surface area contributed by atoms with Crippen LogP contribution in [0.15, 0.2) is 6.07 Å². The number of carbonyl (C=O) groups is 1. The van der Waals surface area contributed by atoms with E-state index in [-0.39, 0.29) is 11.6 Å². The summed E-state index contributed by atoms with van der Waals surface area (Å²) < 4.78 is 5.20. The van der Waals surface area contributed by atoms with Crippen molar-refractivity contribution >= 4 is 11.8 Å². The molecule has 0 spiro atoms. The monoisotopic (exact) mass is 292 g/mol. The van der Waals surface area contributed by atoms with Crippen molar-refractivity contribution in [3.05, 3.63) is 22.9 Å². The van der Waals surface area contributed by atoms with Crippen molar-refractivity contribution in [3.63, 3.8) is 0 Å². The number of hydrogen-bond donors (Lipinski definition) is 2. The maximum Gasteiger partial charge on any atom is 0.339 e. The number of anilines is 1. The Hall–Kier alpha value is -1.62. The Morgan fingerprint density at radius 2 is 2.24 bits per heavy atom. The number of methoxy groups -OCH3 is 1. The molecule has 2 N–H and O–H groups in total. The van der Waals surface area contributed by atoms with E-state index in [4.69, 9.17) is 4.74 Å². The first kappa shape index (κ1) is 15.8. The van der Waals surface area contributed by atoms with Crippen molar-refractivity contribution in [2.75, 3.05) is 19.0 Å². The van der Waals surface area contributed by atoms with Crippen LogP contribution < -0.4 is 5.32 Å². The molecule has 0 radical (unpaired) electrons. The minimum atomic E-state index is -0.925. The van der Waals surface area contributed by atoms with Crippen LogP contribution in [0.5, 0.6) is 0 Å². The maximum atomic E-state index is 11.5. The lowest BCUT2D eigenvalue weighted by Crippen LogP contribution is -2.27. The van der Waals surface area contributed by atoms with Crippen molar-refractivity contribution in [2.45, 2.75) is 51.5 Å². The second kappa shape index (κ2) is 7.41. The number of nitrogens with one attached hydrogen (secondary N) is 1. The molecule has 1 aliphatic carbocycles. The van der Waals surface area contributed by atoms with Gasteiger partial charge in [0.05, 0.1) is 12.6 Å². The third kappa shape index (κ3) is 3.94. The molecule has 1 aromatic heterocycles. The standard InChI is InChI=1S/C16H24N2O3/c1-3-6-12(10-21-2)17-15-13(16(19)20)9-11-7-4-5-8-14(11)18-15/h9,12H,3-8,10H2,1-2H3,(H,17,18)(H,19,20). The lowest BCUT2D eigenvalue weighted by atomic mass is 9.94. The van der Waals surface area contributed by atoms with Crippen LogP contribution >= 0.6 is 0 Å². The van der Waals surface area contributed by atoms with Crippen LogP contribution in [0.2, 0.25) is 0 Å². The number of aryl methyl sites for hydroxylation is 2. The summed E-state index contributed by atoms with van der Waals surface area (Å²) in [7, 11) is 1.66. The van der Waals surface area contributed by atoms with Crippen LogP contribution in [-0.2, 0) is 17.6 Å². The fraction of sp³-hybridized carbons (Fsp3) is 0.625. The first-order valence-electron chi connectivity index (χ1n) is 7.67. The Bertz CT molecular complexity index is 497. The summed E-state index contributed by atoms with van der Waals surface area (Å²) in [6.45, 7) is 2.65.